The van der Waals surface area contributed by atoms with Crippen molar-refractivity contribution in [1.82, 2.24) is 19.2 Å². The maximum absolute atomic E-state index is 13.4. The molecule has 2 aromatic carbocycles. The molecule has 0 N–H and O–H groups in total. The van der Waals surface area contributed by atoms with Crippen LogP contribution >= 0.6 is 12.2 Å². The molecule has 6 heteroatoms. The van der Waals surface area contributed by atoms with Gasteiger partial charge in [0.05, 0.1) is 6.67 Å². The summed E-state index contributed by atoms with van der Waals surface area (Å²) >= 11 is 5.80. The van der Waals surface area contributed by atoms with Crippen molar-refractivity contribution in [3.8, 4) is 17.1 Å². The van der Waals surface area contributed by atoms with Gasteiger partial charge in [-0.2, -0.15) is 0 Å². The molecule has 0 bridgehead atoms. The lowest BCUT2D eigenvalue weighted by atomic mass is 9.95. The molecule has 0 atom stereocenters. The molecule has 1 fully saturated rings. The minimum absolute atomic E-state index is 0.259. The van der Waals surface area contributed by atoms with Crippen LogP contribution in [-0.4, -0.2) is 32.3 Å². The number of hydrogen-bond acceptors (Lipinski definition) is 3. The molecule has 0 saturated heterocycles. The predicted molar refractivity (Wildman–Crippen MR) is 112 cm³/mol. The minimum atomic E-state index is -0.259. The standard InChI is InChI=1S/C22H25FN4S/c1-25(19-8-4-2-5-9-19)16-26-22(28)27(20-10-6-3-7-11-20)21(24-26)17-12-14-18(23)15-13-17/h3,6-7,10-15,19H,2,4-5,8-9,16H2,1H3. The Morgan fingerprint density at radius 1 is 1.04 bits per heavy atom. The second kappa shape index (κ2) is 8.37. The van der Waals surface area contributed by atoms with Gasteiger partial charge >= 0.3 is 0 Å². The molecule has 0 spiro atoms. The largest absolute Gasteiger partial charge is 0.284 e. The maximum Gasteiger partial charge on any atom is 0.204 e. The highest BCUT2D eigenvalue weighted by Gasteiger charge is 2.20. The molecular formula is C22H25FN4S. The van der Waals surface area contributed by atoms with Gasteiger partial charge in [0.15, 0.2) is 5.82 Å². The smallest absolute Gasteiger partial charge is 0.204 e. The fourth-order valence-electron chi connectivity index (χ4n) is 3.94. The van der Waals surface area contributed by atoms with Crippen molar-refractivity contribution in [2.45, 2.75) is 44.8 Å². The summed E-state index contributed by atoms with van der Waals surface area (Å²) in [7, 11) is 2.15. The van der Waals surface area contributed by atoms with E-state index in [1.807, 2.05) is 39.6 Å². The first-order valence-corrected chi connectivity index (χ1v) is 10.3. The summed E-state index contributed by atoms with van der Waals surface area (Å²) in [5.41, 5.74) is 1.80. The molecule has 4 rings (SSSR count). The van der Waals surface area contributed by atoms with Gasteiger partial charge in [0.1, 0.15) is 5.82 Å². The van der Waals surface area contributed by atoms with E-state index >= 15 is 0 Å². The average Bonchev–Trinajstić information content (AvgIpc) is 3.06. The van der Waals surface area contributed by atoms with E-state index in [1.165, 1.54) is 44.2 Å². The lowest BCUT2D eigenvalue weighted by Crippen LogP contribution is -2.35. The van der Waals surface area contributed by atoms with Gasteiger partial charge in [-0.1, -0.05) is 37.5 Å². The molecule has 0 radical (unpaired) electrons. The lowest BCUT2D eigenvalue weighted by molar-refractivity contribution is 0.145. The first-order chi connectivity index (χ1) is 13.6. The van der Waals surface area contributed by atoms with Gasteiger partial charge in [0.2, 0.25) is 4.77 Å². The third-order valence-corrected chi connectivity index (χ3v) is 5.90. The van der Waals surface area contributed by atoms with Crippen molar-refractivity contribution in [3.05, 3.63) is 65.2 Å². The van der Waals surface area contributed by atoms with E-state index in [-0.39, 0.29) is 5.82 Å². The van der Waals surface area contributed by atoms with Crippen LogP contribution in [0.15, 0.2) is 54.6 Å². The van der Waals surface area contributed by atoms with Crippen molar-refractivity contribution >= 4 is 12.2 Å². The van der Waals surface area contributed by atoms with Gasteiger partial charge in [-0.3, -0.25) is 9.47 Å². The highest BCUT2D eigenvalue weighted by atomic mass is 32.1. The molecule has 1 aromatic heterocycles. The molecule has 0 aliphatic heterocycles. The molecule has 4 nitrogen and oxygen atoms in total. The van der Waals surface area contributed by atoms with Crippen molar-refractivity contribution in [1.29, 1.82) is 0 Å². The number of aromatic nitrogens is 3. The van der Waals surface area contributed by atoms with Crippen LogP contribution in [0.25, 0.3) is 17.1 Å². The van der Waals surface area contributed by atoms with Gasteiger partial charge in [0.25, 0.3) is 0 Å². The molecular weight excluding hydrogens is 371 g/mol. The highest BCUT2D eigenvalue weighted by Crippen LogP contribution is 2.25. The summed E-state index contributed by atoms with van der Waals surface area (Å²) in [6, 6.07) is 17.0. The summed E-state index contributed by atoms with van der Waals surface area (Å²) in [5, 5.41) is 4.83. The molecule has 1 aliphatic rings. The first-order valence-electron chi connectivity index (χ1n) is 9.85. The molecule has 28 heavy (non-hydrogen) atoms. The van der Waals surface area contributed by atoms with Crippen molar-refractivity contribution in [2.75, 3.05) is 7.05 Å². The van der Waals surface area contributed by atoms with Crippen LogP contribution in [0.5, 0.6) is 0 Å². The van der Waals surface area contributed by atoms with Gasteiger partial charge in [-0.25, -0.2) is 9.07 Å². The second-order valence-electron chi connectivity index (χ2n) is 7.47. The zero-order valence-corrected chi connectivity index (χ0v) is 16.9. The van der Waals surface area contributed by atoms with Crippen molar-refractivity contribution in [3.63, 3.8) is 0 Å². The summed E-state index contributed by atoms with van der Waals surface area (Å²) in [6.07, 6.45) is 6.38. The van der Waals surface area contributed by atoms with Crippen LogP contribution in [0.3, 0.4) is 0 Å². The van der Waals surface area contributed by atoms with Crippen LogP contribution in [0, 0.1) is 10.6 Å². The van der Waals surface area contributed by atoms with Crippen LogP contribution in [-0.2, 0) is 6.67 Å². The van der Waals surface area contributed by atoms with E-state index in [0.717, 1.165) is 17.1 Å². The van der Waals surface area contributed by atoms with E-state index in [2.05, 4.69) is 11.9 Å². The Morgan fingerprint density at radius 2 is 1.71 bits per heavy atom. The highest BCUT2D eigenvalue weighted by molar-refractivity contribution is 7.71. The number of para-hydroxylation sites is 1. The minimum Gasteiger partial charge on any atom is -0.284 e. The van der Waals surface area contributed by atoms with Gasteiger partial charge < -0.3 is 0 Å². The number of benzene rings is 2. The van der Waals surface area contributed by atoms with E-state index in [9.17, 15) is 4.39 Å². The quantitative estimate of drug-likeness (QED) is 0.538. The van der Waals surface area contributed by atoms with E-state index in [4.69, 9.17) is 17.3 Å². The third-order valence-electron chi connectivity index (χ3n) is 5.51. The summed E-state index contributed by atoms with van der Waals surface area (Å²) in [4.78, 5) is 2.35. The van der Waals surface area contributed by atoms with Crippen LogP contribution in [0.2, 0.25) is 0 Å². The SMILES string of the molecule is CN(Cn1nc(-c2ccc(F)cc2)n(-c2ccccc2)c1=S)C1CCCCC1. The van der Waals surface area contributed by atoms with Crippen LogP contribution < -0.4 is 0 Å². The van der Waals surface area contributed by atoms with Gasteiger partial charge in [-0.15, -0.1) is 5.10 Å². The summed E-state index contributed by atoms with van der Waals surface area (Å²) < 4.78 is 17.9. The van der Waals surface area contributed by atoms with Crippen molar-refractivity contribution in [2.24, 2.45) is 0 Å². The molecule has 1 saturated carbocycles. The Labute approximate surface area is 170 Å². The maximum atomic E-state index is 13.4. The zero-order chi connectivity index (χ0) is 19.5. The van der Waals surface area contributed by atoms with Crippen molar-refractivity contribution < 1.29 is 4.39 Å². The van der Waals surface area contributed by atoms with E-state index in [1.54, 1.807) is 12.1 Å². The normalized spacial score (nSPS) is 15.2. The number of nitrogens with zero attached hydrogens (tertiary/aromatic N) is 4. The summed E-state index contributed by atoms with van der Waals surface area (Å²) in [6.45, 7) is 0.650. The Kier molecular flexibility index (Phi) is 5.69. The first kappa shape index (κ1) is 19.0. The molecule has 146 valence electrons. The molecule has 1 aliphatic carbocycles. The van der Waals surface area contributed by atoms with Crippen LogP contribution in [0.1, 0.15) is 32.1 Å². The van der Waals surface area contributed by atoms with E-state index in [0.29, 0.717) is 17.5 Å². The molecule has 0 amide bonds. The second-order valence-corrected chi connectivity index (χ2v) is 7.84. The molecule has 3 aromatic rings. The Hall–Kier alpha value is -2.31. The van der Waals surface area contributed by atoms with Gasteiger partial charge in [-0.05, 0) is 68.5 Å². The lowest BCUT2D eigenvalue weighted by Gasteiger charge is -2.30. The fraction of sp³-hybridized carbons (Fsp3) is 0.364. The third kappa shape index (κ3) is 3.93. The molecule has 1 heterocycles. The topological polar surface area (TPSA) is 26.0 Å². The van der Waals surface area contributed by atoms with Gasteiger partial charge in [0, 0.05) is 17.3 Å². The number of rotatable bonds is 5. The van der Waals surface area contributed by atoms with Crippen LogP contribution in [0.4, 0.5) is 4.39 Å². The summed E-state index contributed by atoms with van der Waals surface area (Å²) in [5.74, 6) is 0.471. The number of halogens is 1. The predicted octanol–water partition coefficient (Wildman–Crippen LogP) is 5.43. The Bertz CT molecular complexity index is 972. The average molecular weight is 397 g/mol. The fourth-order valence-corrected chi connectivity index (χ4v) is 4.23. The Balaban J connectivity index is 1.73. The monoisotopic (exact) mass is 396 g/mol. The number of hydrogen-bond donors (Lipinski definition) is 0. The van der Waals surface area contributed by atoms with E-state index < -0.39 is 0 Å². The molecule has 0 unspecified atom stereocenters. The Morgan fingerprint density at radius 3 is 2.39 bits per heavy atom. The zero-order valence-electron chi connectivity index (χ0n) is 16.1.